The van der Waals surface area contributed by atoms with Crippen LogP contribution in [-0.4, -0.2) is 42.3 Å². The average molecular weight is 228 g/mol. The molecule has 1 saturated carbocycles. The summed E-state index contributed by atoms with van der Waals surface area (Å²) in [6.45, 7) is 7.76. The number of aliphatic hydroxyl groups excluding tert-OH is 1. The second-order valence-electron chi connectivity index (χ2n) is 5.19. The molecule has 1 fully saturated rings. The van der Waals surface area contributed by atoms with E-state index in [4.69, 9.17) is 10.8 Å². The van der Waals surface area contributed by atoms with Crippen molar-refractivity contribution < 1.29 is 5.11 Å². The van der Waals surface area contributed by atoms with Gasteiger partial charge in [-0.3, -0.25) is 0 Å². The summed E-state index contributed by atoms with van der Waals surface area (Å²) in [5.41, 5.74) is 5.88. The lowest BCUT2D eigenvalue weighted by Crippen LogP contribution is -2.47. The van der Waals surface area contributed by atoms with E-state index >= 15 is 0 Å². The summed E-state index contributed by atoms with van der Waals surface area (Å²) in [6, 6.07) is 0.644. The van der Waals surface area contributed by atoms with E-state index in [9.17, 15) is 0 Å². The largest absolute Gasteiger partial charge is 0.396 e. The van der Waals surface area contributed by atoms with E-state index in [1.54, 1.807) is 0 Å². The van der Waals surface area contributed by atoms with Crippen molar-refractivity contribution in [2.24, 2.45) is 17.6 Å². The quantitative estimate of drug-likeness (QED) is 0.723. The van der Waals surface area contributed by atoms with Crippen LogP contribution in [0.5, 0.6) is 0 Å². The van der Waals surface area contributed by atoms with E-state index in [0.717, 1.165) is 32.0 Å². The lowest BCUT2D eigenvalue weighted by molar-refractivity contribution is 0.0841. The zero-order valence-electron chi connectivity index (χ0n) is 10.9. The van der Waals surface area contributed by atoms with Gasteiger partial charge >= 0.3 is 0 Å². The Morgan fingerprint density at radius 1 is 1.38 bits per heavy atom. The van der Waals surface area contributed by atoms with Crippen LogP contribution in [0.1, 0.15) is 39.5 Å². The zero-order valence-corrected chi connectivity index (χ0v) is 10.9. The fourth-order valence-electron chi connectivity index (χ4n) is 2.97. The third-order valence-electron chi connectivity index (χ3n) is 4.00. The number of nitrogens with two attached hydrogens (primary N) is 1. The molecule has 0 aromatic carbocycles. The molecule has 3 atom stereocenters. The number of aliphatic hydroxyl groups is 1. The van der Waals surface area contributed by atoms with Gasteiger partial charge in [-0.15, -0.1) is 0 Å². The van der Waals surface area contributed by atoms with Crippen molar-refractivity contribution in [3.05, 3.63) is 0 Å². The number of hydrogen-bond acceptors (Lipinski definition) is 3. The molecule has 1 rings (SSSR count). The van der Waals surface area contributed by atoms with Gasteiger partial charge in [-0.2, -0.15) is 0 Å². The lowest BCUT2D eigenvalue weighted by Gasteiger charge is -2.41. The summed E-state index contributed by atoms with van der Waals surface area (Å²) in [5.74, 6) is 1.49. The Hall–Kier alpha value is -0.120. The molecule has 0 spiro atoms. The van der Waals surface area contributed by atoms with Gasteiger partial charge in [0.05, 0.1) is 0 Å². The van der Waals surface area contributed by atoms with Crippen molar-refractivity contribution in [1.82, 2.24) is 4.90 Å². The summed E-state index contributed by atoms with van der Waals surface area (Å²) in [4.78, 5) is 2.52. The normalized spacial score (nSPS) is 30.9. The lowest BCUT2D eigenvalue weighted by atomic mass is 9.78. The summed E-state index contributed by atoms with van der Waals surface area (Å²) >= 11 is 0. The molecule has 0 aromatic heterocycles. The van der Waals surface area contributed by atoms with Gasteiger partial charge in [0.15, 0.2) is 0 Å². The molecule has 0 bridgehead atoms. The van der Waals surface area contributed by atoms with E-state index in [-0.39, 0.29) is 0 Å². The van der Waals surface area contributed by atoms with Crippen LogP contribution in [-0.2, 0) is 0 Å². The molecule has 3 nitrogen and oxygen atoms in total. The fourth-order valence-corrected chi connectivity index (χ4v) is 2.97. The highest BCUT2D eigenvalue weighted by molar-refractivity contribution is 4.86. The highest BCUT2D eigenvalue weighted by atomic mass is 16.3. The van der Waals surface area contributed by atoms with Gasteiger partial charge in [0.2, 0.25) is 0 Å². The molecular weight excluding hydrogens is 200 g/mol. The number of nitrogens with zero attached hydrogens (tertiary/aromatic N) is 1. The van der Waals surface area contributed by atoms with Crippen molar-refractivity contribution in [2.75, 3.05) is 26.2 Å². The standard InChI is InChI=1S/C13H28N2O/c1-3-15(7-4-8-16)13-9-11(2)5-6-12(13)10-14/h11-13,16H,3-10,14H2,1-2H3. The second kappa shape index (κ2) is 7.25. The van der Waals surface area contributed by atoms with Gasteiger partial charge in [-0.05, 0) is 44.2 Å². The van der Waals surface area contributed by atoms with Crippen LogP contribution in [0.4, 0.5) is 0 Å². The van der Waals surface area contributed by atoms with Crippen molar-refractivity contribution in [3.63, 3.8) is 0 Å². The molecule has 0 amide bonds. The third-order valence-corrected chi connectivity index (χ3v) is 4.00. The first-order valence-electron chi connectivity index (χ1n) is 6.77. The molecule has 0 radical (unpaired) electrons. The second-order valence-corrected chi connectivity index (χ2v) is 5.19. The van der Waals surface area contributed by atoms with E-state index in [1.807, 2.05) is 0 Å². The van der Waals surface area contributed by atoms with Gasteiger partial charge in [0.1, 0.15) is 0 Å². The zero-order chi connectivity index (χ0) is 12.0. The third kappa shape index (κ3) is 3.72. The van der Waals surface area contributed by atoms with Crippen LogP contribution in [0.3, 0.4) is 0 Å². The van der Waals surface area contributed by atoms with Gasteiger partial charge in [0.25, 0.3) is 0 Å². The van der Waals surface area contributed by atoms with Crippen molar-refractivity contribution in [2.45, 2.75) is 45.6 Å². The minimum atomic E-state index is 0.298. The van der Waals surface area contributed by atoms with E-state index in [2.05, 4.69) is 18.7 Å². The molecule has 3 unspecified atom stereocenters. The van der Waals surface area contributed by atoms with Crippen LogP contribution in [0, 0.1) is 11.8 Å². The maximum absolute atomic E-state index is 8.93. The van der Waals surface area contributed by atoms with E-state index < -0.39 is 0 Å². The molecule has 0 aromatic rings. The van der Waals surface area contributed by atoms with Crippen molar-refractivity contribution >= 4 is 0 Å². The summed E-state index contributed by atoms with van der Waals surface area (Å²) < 4.78 is 0. The molecule has 3 N–H and O–H groups in total. The Bertz CT molecular complexity index is 187. The first-order chi connectivity index (χ1) is 7.72. The van der Waals surface area contributed by atoms with Gasteiger partial charge in [-0.25, -0.2) is 0 Å². The molecule has 3 heteroatoms. The molecule has 0 aliphatic heterocycles. The van der Waals surface area contributed by atoms with E-state index in [0.29, 0.717) is 18.6 Å². The Morgan fingerprint density at radius 3 is 2.69 bits per heavy atom. The monoisotopic (exact) mass is 228 g/mol. The number of rotatable bonds is 6. The predicted octanol–water partition coefficient (Wildman–Crippen LogP) is 1.45. The fraction of sp³-hybridized carbons (Fsp3) is 1.00. The summed E-state index contributed by atoms with van der Waals surface area (Å²) in [5, 5.41) is 8.93. The average Bonchev–Trinajstić information content (AvgIpc) is 2.30. The van der Waals surface area contributed by atoms with Gasteiger partial charge < -0.3 is 15.7 Å². The molecule has 0 saturated heterocycles. The van der Waals surface area contributed by atoms with Crippen LogP contribution in [0.15, 0.2) is 0 Å². The minimum Gasteiger partial charge on any atom is -0.396 e. The van der Waals surface area contributed by atoms with Crippen LogP contribution in [0.25, 0.3) is 0 Å². The summed E-state index contributed by atoms with van der Waals surface area (Å²) in [6.07, 6.45) is 4.77. The molecule has 0 heterocycles. The predicted molar refractivity (Wildman–Crippen MR) is 68.3 cm³/mol. The Labute approximate surface area is 100 Å². The first-order valence-corrected chi connectivity index (χ1v) is 6.77. The minimum absolute atomic E-state index is 0.298. The molecule has 16 heavy (non-hydrogen) atoms. The van der Waals surface area contributed by atoms with Gasteiger partial charge in [0, 0.05) is 19.2 Å². The highest BCUT2D eigenvalue weighted by Crippen LogP contribution is 2.31. The topological polar surface area (TPSA) is 49.5 Å². The molecule has 1 aliphatic rings. The number of hydrogen-bond donors (Lipinski definition) is 2. The highest BCUT2D eigenvalue weighted by Gasteiger charge is 2.31. The maximum Gasteiger partial charge on any atom is 0.0443 e. The van der Waals surface area contributed by atoms with E-state index in [1.165, 1.54) is 19.3 Å². The summed E-state index contributed by atoms with van der Waals surface area (Å²) in [7, 11) is 0. The Balaban J connectivity index is 2.55. The van der Waals surface area contributed by atoms with Gasteiger partial charge in [-0.1, -0.05) is 20.3 Å². The SMILES string of the molecule is CCN(CCCO)C1CC(C)CCC1CN. The maximum atomic E-state index is 8.93. The van der Waals surface area contributed by atoms with Crippen molar-refractivity contribution in [3.8, 4) is 0 Å². The van der Waals surface area contributed by atoms with Crippen molar-refractivity contribution in [1.29, 1.82) is 0 Å². The molecular formula is C13H28N2O. The molecule has 96 valence electrons. The Kier molecular flexibility index (Phi) is 6.32. The van der Waals surface area contributed by atoms with Crippen LogP contribution in [0.2, 0.25) is 0 Å². The Morgan fingerprint density at radius 2 is 2.12 bits per heavy atom. The first kappa shape index (κ1) is 13.9. The smallest absolute Gasteiger partial charge is 0.0443 e. The molecule has 1 aliphatic carbocycles. The van der Waals surface area contributed by atoms with Crippen LogP contribution >= 0.6 is 0 Å². The van der Waals surface area contributed by atoms with Crippen LogP contribution < -0.4 is 5.73 Å².